The number of aliphatic hydroxyl groups is 1. The molecule has 2 aliphatic heterocycles. The van der Waals surface area contributed by atoms with Crippen LogP contribution >= 0.6 is 0 Å². The van der Waals surface area contributed by atoms with E-state index in [2.05, 4.69) is 9.47 Å². The number of hydrogen-bond donors (Lipinski definition) is 1. The number of rotatable bonds is 7. The van der Waals surface area contributed by atoms with Gasteiger partial charge in [-0.15, -0.1) is 0 Å². The highest BCUT2D eigenvalue weighted by Crippen LogP contribution is 2.21. The van der Waals surface area contributed by atoms with Crippen molar-refractivity contribution in [1.82, 2.24) is 0 Å². The third-order valence-electron chi connectivity index (χ3n) is 3.59. The molecule has 3 rings (SSSR count). The number of cyclic esters (lactones) is 4. The number of aliphatic hydroxyl groups excluding tert-OH is 1. The van der Waals surface area contributed by atoms with Gasteiger partial charge in [0.2, 0.25) is 0 Å². The fourth-order valence-corrected chi connectivity index (χ4v) is 2.33. The third kappa shape index (κ3) is 4.41. The lowest BCUT2D eigenvalue weighted by molar-refractivity contribution is -0.121. The van der Waals surface area contributed by atoms with Gasteiger partial charge in [-0.3, -0.25) is 0 Å². The van der Waals surface area contributed by atoms with E-state index in [1.807, 2.05) is 0 Å². The summed E-state index contributed by atoms with van der Waals surface area (Å²) in [6, 6.07) is 6.17. The molecule has 2 saturated heterocycles. The van der Waals surface area contributed by atoms with Crippen molar-refractivity contribution in [2.45, 2.75) is 18.5 Å². The second kappa shape index (κ2) is 8.02. The molecule has 10 nitrogen and oxygen atoms in total. The Bertz CT molecular complexity index is 687. The van der Waals surface area contributed by atoms with Gasteiger partial charge in [0.25, 0.3) is 0 Å². The summed E-state index contributed by atoms with van der Waals surface area (Å²) >= 11 is 0. The molecule has 140 valence electrons. The van der Waals surface area contributed by atoms with E-state index >= 15 is 0 Å². The average molecular weight is 368 g/mol. The highest BCUT2D eigenvalue weighted by molar-refractivity contribution is 5.91. The number of carbonyl (C=O) groups excluding carboxylic acids is 3. The van der Waals surface area contributed by atoms with Gasteiger partial charge in [-0.2, -0.15) is 0 Å². The van der Waals surface area contributed by atoms with Crippen LogP contribution in [0.3, 0.4) is 0 Å². The first-order chi connectivity index (χ1) is 12.5. The van der Waals surface area contributed by atoms with Crippen LogP contribution in [-0.2, 0) is 28.4 Å². The summed E-state index contributed by atoms with van der Waals surface area (Å²) in [7, 11) is 0. The maximum Gasteiger partial charge on any atom is 0.508 e. The summed E-state index contributed by atoms with van der Waals surface area (Å²) in [5, 5.41) is 10.2. The average Bonchev–Trinajstić information content (AvgIpc) is 3.25. The fourth-order valence-electron chi connectivity index (χ4n) is 2.33. The van der Waals surface area contributed by atoms with Crippen LogP contribution in [0, 0.1) is 0 Å². The molecule has 0 radical (unpaired) electrons. The standard InChI is InChI=1S/C16H16O10/c17-13(21-5-9-7-23-15(19)25-9)11-3-1-2-4-12(11)14(18)22-6-10-8-24-16(20)26-10/h1-4,9-10,13,17H,5-8H2. The van der Waals surface area contributed by atoms with Crippen LogP contribution < -0.4 is 0 Å². The molecule has 2 aliphatic rings. The van der Waals surface area contributed by atoms with E-state index < -0.39 is 36.8 Å². The van der Waals surface area contributed by atoms with Gasteiger partial charge in [0.1, 0.15) is 19.8 Å². The first-order valence-corrected chi connectivity index (χ1v) is 7.75. The zero-order chi connectivity index (χ0) is 18.5. The van der Waals surface area contributed by atoms with Gasteiger partial charge < -0.3 is 33.5 Å². The highest BCUT2D eigenvalue weighted by atomic mass is 16.8. The summed E-state index contributed by atoms with van der Waals surface area (Å²) in [6.45, 7) is -0.254. The number of benzene rings is 1. The molecule has 2 fully saturated rings. The van der Waals surface area contributed by atoms with Crippen LogP contribution in [0.25, 0.3) is 0 Å². The molecule has 1 N–H and O–H groups in total. The number of hydrogen-bond acceptors (Lipinski definition) is 10. The molecule has 2 heterocycles. The smallest absolute Gasteiger partial charge is 0.458 e. The van der Waals surface area contributed by atoms with Crippen molar-refractivity contribution in [3.63, 3.8) is 0 Å². The van der Waals surface area contributed by atoms with E-state index in [1.165, 1.54) is 12.1 Å². The lowest BCUT2D eigenvalue weighted by atomic mass is 10.1. The van der Waals surface area contributed by atoms with E-state index in [1.54, 1.807) is 12.1 Å². The normalized spacial score (nSPS) is 22.8. The van der Waals surface area contributed by atoms with Crippen molar-refractivity contribution < 1.29 is 47.9 Å². The van der Waals surface area contributed by atoms with Crippen LogP contribution in [0.5, 0.6) is 0 Å². The lowest BCUT2D eigenvalue weighted by Gasteiger charge is -2.17. The van der Waals surface area contributed by atoms with Crippen LogP contribution in [0.2, 0.25) is 0 Å². The van der Waals surface area contributed by atoms with Gasteiger partial charge in [-0.1, -0.05) is 18.2 Å². The minimum atomic E-state index is -1.44. The zero-order valence-corrected chi connectivity index (χ0v) is 13.5. The summed E-state index contributed by atoms with van der Waals surface area (Å²) in [4.78, 5) is 33.9. The molecule has 3 atom stereocenters. The molecule has 0 aromatic heterocycles. The number of carbonyl (C=O) groups is 3. The van der Waals surface area contributed by atoms with E-state index in [0.29, 0.717) is 0 Å². The van der Waals surface area contributed by atoms with Crippen molar-refractivity contribution in [1.29, 1.82) is 0 Å². The Morgan fingerprint density at radius 1 is 1.08 bits per heavy atom. The van der Waals surface area contributed by atoms with E-state index in [-0.39, 0.29) is 37.6 Å². The Morgan fingerprint density at radius 2 is 1.69 bits per heavy atom. The van der Waals surface area contributed by atoms with Crippen LogP contribution in [0.1, 0.15) is 22.2 Å². The van der Waals surface area contributed by atoms with E-state index in [0.717, 1.165) is 0 Å². The molecule has 26 heavy (non-hydrogen) atoms. The molecule has 0 saturated carbocycles. The summed E-state index contributed by atoms with van der Waals surface area (Å²) in [6.07, 6.45) is -4.35. The van der Waals surface area contributed by atoms with Gasteiger partial charge >= 0.3 is 18.3 Å². The molecule has 0 spiro atoms. The lowest BCUT2D eigenvalue weighted by Crippen LogP contribution is -2.23. The second-order valence-corrected chi connectivity index (χ2v) is 5.47. The molecule has 0 aliphatic carbocycles. The SMILES string of the molecule is O=C1OCC(COC(=O)c2ccccc2C(O)OCC2COC(=O)O2)O1. The largest absolute Gasteiger partial charge is 0.508 e. The van der Waals surface area contributed by atoms with Crippen molar-refractivity contribution >= 4 is 18.3 Å². The summed E-state index contributed by atoms with van der Waals surface area (Å²) in [5.41, 5.74) is 0.271. The number of ether oxygens (including phenoxy) is 6. The van der Waals surface area contributed by atoms with Crippen molar-refractivity contribution in [2.24, 2.45) is 0 Å². The Balaban J connectivity index is 1.56. The van der Waals surface area contributed by atoms with Gasteiger partial charge in [-0.25, -0.2) is 14.4 Å². The van der Waals surface area contributed by atoms with E-state index in [4.69, 9.17) is 18.9 Å². The molecular weight excluding hydrogens is 352 g/mol. The maximum absolute atomic E-state index is 12.3. The number of esters is 1. The summed E-state index contributed by atoms with van der Waals surface area (Å²) in [5.74, 6) is -0.721. The Kier molecular flexibility index (Phi) is 5.54. The van der Waals surface area contributed by atoms with Gasteiger partial charge in [0, 0.05) is 5.56 Å². The molecule has 0 bridgehead atoms. The fraction of sp³-hybridized carbons (Fsp3) is 0.438. The highest BCUT2D eigenvalue weighted by Gasteiger charge is 2.29. The molecule has 0 amide bonds. The van der Waals surface area contributed by atoms with Gasteiger partial charge in [0.15, 0.2) is 18.5 Å². The molecule has 3 unspecified atom stereocenters. The molecular formula is C16H16O10. The summed E-state index contributed by atoms with van der Waals surface area (Å²) < 4.78 is 29.1. The Hall–Kier alpha value is -2.85. The maximum atomic E-state index is 12.3. The predicted molar refractivity (Wildman–Crippen MR) is 80.1 cm³/mol. The molecule has 10 heteroatoms. The van der Waals surface area contributed by atoms with Gasteiger partial charge in [-0.05, 0) is 6.07 Å². The molecule has 1 aromatic rings. The minimum absolute atomic E-state index is 0.00166. The van der Waals surface area contributed by atoms with Gasteiger partial charge in [0.05, 0.1) is 12.2 Å². The Labute approximate surface area is 147 Å². The molecule has 1 aromatic carbocycles. The zero-order valence-electron chi connectivity index (χ0n) is 13.5. The Morgan fingerprint density at radius 3 is 2.31 bits per heavy atom. The third-order valence-corrected chi connectivity index (χ3v) is 3.59. The topological polar surface area (TPSA) is 127 Å². The minimum Gasteiger partial charge on any atom is -0.458 e. The van der Waals surface area contributed by atoms with Crippen molar-refractivity contribution in [3.8, 4) is 0 Å². The van der Waals surface area contributed by atoms with Crippen LogP contribution in [-0.4, -0.2) is 62.0 Å². The van der Waals surface area contributed by atoms with E-state index in [9.17, 15) is 19.5 Å². The predicted octanol–water partition coefficient (Wildman–Crippen LogP) is 0.922. The quantitative estimate of drug-likeness (QED) is 0.421. The first-order valence-electron chi connectivity index (χ1n) is 7.75. The van der Waals surface area contributed by atoms with Crippen molar-refractivity contribution in [3.05, 3.63) is 35.4 Å². The van der Waals surface area contributed by atoms with Crippen molar-refractivity contribution in [2.75, 3.05) is 26.4 Å². The second-order valence-electron chi connectivity index (χ2n) is 5.47. The monoisotopic (exact) mass is 368 g/mol. The van der Waals surface area contributed by atoms with Crippen LogP contribution in [0.4, 0.5) is 9.59 Å². The van der Waals surface area contributed by atoms with Crippen LogP contribution in [0.15, 0.2) is 24.3 Å². The first kappa shape index (κ1) is 18.0.